The van der Waals surface area contributed by atoms with Crippen LogP contribution in [-0.2, 0) is 0 Å². The zero-order chi connectivity index (χ0) is 14.7. The topological polar surface area (TPSA) is 60.2 Å². The number of likely N-dealkylation sites (N-methyl/N-ethyl adjacent to an activating group) is 1. The first-order chi connectivity index (χ1) is 10.3. The molecule has 21 heavy (non-hydrogen) atoms. The zero-order valence-electron chi connectivity index (χ0n) is 12.5. The van der Waals surface area contributed by atoms with Crippen LogP contribution in [0.15, 0.2) is 28.8 Å². The predicted octanol–water partition coefficient (Wildman–Crippen LogP) is 2.99. The van der Waals surface area contributed by atoms with Gasteiger partial charge >= 0.3 is 0 Å². The molecule has 5 nitrogen and oxygen atoms in total. The predicted molar refractivity (Wildman–Crippen MR) is 80.3 cm³/mol. The second-order valence-corrected chi connectivity index (χ2v) is 5.32. The molecule has 1 heterocycles. The SMILES string of the molecule is CCOc1ccccc1-c1noc(C2CCCC2NC)n1. The zero-order valence-corrected chi connectivity index (χ0v) is 12.5. The minimum Gasteiger partial charge on any atom is -0.493 e. The first-order valence-corrected chi connectivity index (χ1v) is 7.56. The van der Waals surface area contributed by atoms with Crippen molar-refractivity contribution in [2.24, 2.45) is 0 Å². The van der Waals surface area contributed by atoms with Crippen LogP contribution in [0.25, 0.3) is 11.4 Å². The van der Waals surface area contributed by atoms with Gasteiger partial charge < -0.3 is 14.6 Å². The molecule has 1 saturated carbocycles. The van der Waals surface area contributed by atoms with Crippen LogP contribution in [0.2, 0.25) is 0 Å². The summed E-state index contributed by atoms with van der Waals surface area (Å²) in [4.78, 5) is 4.61. The number of nitrogens with one attached hydrogen (secondary N) is 1. The minimum atomic E-state index is 0.315. The van der Waals surface area contributed by atoms with E-state index in [1.807, 2.05) is 38.2 Å². The van der Waals surface area contributed by atoms with Crippen LogP contribution in [0.3, 0.4) is 0 Å². The lowest BCUT2D eigenvalue weighted by Gasteiger charge is -2.14. The highest BCUT2D eigenvalue weighted by Crippen LogP contribution is 2.35. The van der Waals surface area contributed by atoms with Crippen molar-refractivity contribution in [2.45, 2.75) is 38.1 Å². The van der Waals surface area contributed by atoms with E-state index in [2.05, 4.69) is 15.5 Å². The van der Waals surface area contributed by atoms with Gasteiger partial charge in [-0.15, -0.1) is 0 Å². The molecule has 112 valence electrons. The highest BCUT2D eigenvalue weighted by atomic mass is 16.5. The van der Waals surface area contributed by atoms with E-state index < -0.39 is 0 Å². The monoisotopic (exact) mass is 287 g/mol. The number of nitrogens with zero attached hydrogens (tertiary/aromatic N) is 2. The summed E-state index contributed by atoms with van der Waals surface area (Å²) in [5.41, 5.74) is 0.883. The van der Waals surface area contributed by atoms with Crippen molar-refractivity contribution in [3.63, 3.8) is 0 Å². The minimum absolute atomic E-state index is 0.315. The Labute approximate surface area is 124 Å². The van der Waals surface area contributed by atoms with Crippen LogP contribution < -0.4 is 10.1 Å². The van der Waals surface area contributed by atoms with Gasteiger partial charge in [-0.3, -0.25) is 0 Å². The molecule has 5 heteroatoms. The Kier molecular flexibility index (Phi) is 4.20. The molecule has 3 rings (SSSR count). The van der Waals surface area contributed by atoms with Crippen LogP contribution in [0.4, 0.5) is 0 Å². The lowest BCUT2D eigenvalue weighted by Crippen LogP contribution is -2.27. The Hall–Kier alpha value is -1.88. The van der Waals surface area contributed by atoms with Gasteiger partial charge in [0.2, 0.25) is 11.7 Å². The molecule has 2 unspecified atom stereocenters. The van der Waals surface area contributed by atoms with E-state index in [1.54, 1.807) is 0 Å². The summed E-state index contributed by atoms with van der Waals surface area (Å²) in [5.74, 6) is 2.45. The fraction of sp³-hybridized carbons (Fsp3) is 0.500. The average molecular weight is 287 g/mol. The Morgan fingerprint density at radius 1 is 1.33 bits per heavy atom. The summed E-state index contributed by atoms with van der Waals surface area (Å²) in [7, 11) is 1.99. The number of para-hydroxylation sites is 1. The van der Waals surface area contributed by atoms with Crippen molar-refractivity contribution in [2.75, 3.05) is 13.7 Å². The van der Waals surface area contributed by atoms with E-state index in [9.17, 15) is 0 Å². The Bertz CT molecular complexity index is 597. The van der Waals surface area contributed by atoms with Gasteiger partial charge in [-0.25, -0.2) is 0 Å². The largest absolute Gasteiger partial charge is 0.493 e. The third-order valence-electron chi connectivity index (χ3n) is 4.07. The highest BCUT2D eigenvalue weighted by Gasteiger charge is 2.32. The van der Waals surface area contributed by atoms with Crippen LogP contribution in [0.1, 0.15) is 38.0 Å². The molecule has 0 amide bonds. The molecule has 0 spiro atoms. The molecular formula is C16H21N3O2. The standard InChI is InChI=1S/C16H21N3O2/c1-3-20-14-10-5-4-7-12(14)15-18-16(21-19-15)11-8-6-9-13(11)17-2/h4-5,7,10-11,13,17H,3,6,8-9H2,1-2H3. The number of benzene rings is 1. The molecule has 1 N–H and O–H groups in total. The van der Waals surface area contributed by atoms with Crippen molar-refractivity contribution in [3.8, 4) is 17.1 Å². The number of hydrogen-bond acceptors (Lipinski definition) is 5. The van der Waals surface area contributed by atoms with Crippen molar-refractivity contribution in [3.05, 3.63) is 30.2 Å². The van der Waals surface area contributed by atoms with Crippen molar-refractivity contribution < 1.29 is 9.26 Å². The molecule has 2 aromatic rings. The second kappa shape index (κ2) is 6.26. The molecule has 0 aliphatic heterocycles. The Morgan fingerprint density at radius 2 is 2.19 bits per heavy atom. The molecule has 1 aromatic carbocycles. The van der Waals surface area contributed by atoms with Gasteiger partial charge in [0.25, 0.3) is 0 Å². The smallest absolute Gasteiger partial charge is 0.231 e. The molecule has 2 atom stereocenters. The molecule has 1 aliphatic carbocycles. The molecule has 1 aliphatic rings. The van der Waals surface area contributed by atoms with Gasteiger partial charge in [-0.05, 0) is 38.9 Å². The first-order valence-electron chi connectivity index (χ1n) is 7.56. The maximum atomic E-state index is 5.63. The first kappa shape index (κ1) is 14.1. The van der Waals surface area contributed by atoms with Gasteiger partial charge in [0.1, 0.15) is 5.75 Å². The second-order valence-electron chi connectivity index (χ2n) is 5.32. The van der Waals surface area contributed by atoms with E-state index in [4.69, 9.17) is 9.26 Å². The van der Waals surface area contributed by atoms with Gasteiger partial charge in [-0.1, -0.05) is 23.7 Å². The average Bonchev–Trinajstić information content (AvgIpc) is 3.16. The molecule has 0 bridgehead atoms. The third-order valence-corrected chi connectivity index (χ3v) is 4.07. The van der Waals surface area contributed by atoms with Gasteiger partial charge in [0, 0.05) is 6.04 Å². The maximum absolute atomic E-state index is 5.63. The van der Waals surface area contributed by atoms with Gasteiger partial charge in [0.05, 0.1) is 18.1 Å². The number of rotatable bonds is 5. The summed E-state index contributed by atoms with van der Waals surface area (Å²) in [6, 6.07) is 8.23. The fourth-order valence-corrected chi connectivity index (χ4v) is 3.03. The summed E-state index contributed by atoms with van der Waals surface area (Å²) >= 11 is 0. The van der Waals surface area contributed by atoms with Crippen LogP contribution in [0, 0.1) is 0 Å². The maximum Gasteiger partial charge on any atom is 0.231 e. The molecular weight excluding hydrogens is 266 g/mol. The summed E-state index contributed by atoms with van der Waals surface area (Å²) in [5, 5.41) is 7.49. The van der Waals surface area contributed by atoms with Gasteiger partial charge in [0.15, 0.2) is 0 Å². The van der Waals surface area contributed by atoms with E-state index in [0.29, 0.717) is 24.4 Å². The number of ether oxygens (including phenoxy) is 1. The lowest BCUT2D eigenvalue weighted by atomic mass is 10.0. The van der Waals surface area contributed by atoms with Gasteiger partial charge in [-0.2, -0.15) is 4.98 Å². The fourth-order valence-electron chi connectivity index (χ4n) is 3.03. The molecule has 0 saturated heterocycles. The molecule has 0 radical (unpaired) electrons. The summed E-state index contributed by atoms with van der Waals surface area (Å²) in [6.45, 7) is 2.58. The van der Waals surface area contributed by atoms with E-state index in [-0.39, 0.29) is 0 Å². The summed E-state index contributed by atoms with van der Waals surface area (Å²) < 4.78 is 11.1. The molecule has 1 fully saturated rings. The van der Waals surface area contributed by atoms with Crippen LogP contribution >= 0.6 is 0 Å². The quantitative estimate of drug-likeness (QED) is 0.916. The number of hydrogen-bond donors (Lipinski definition) is 1. The highest BCUT2D eigenvalue weighted by molar-refractivity contribution is 5.63. The van der Waals surface area contributed by atoms with Crippen molar-refractivity contribution in [1.82, 2.24) is 15.5 Å². The van der Waals surface area contributed by atoms with Crippen LogP contribution in [-0.4, -0.2) is 29.8 Å². The third kappa shape index (κ3) is 2.78. The Morgan fingerprint density at radius 3 is 3.00 bits per heavy atom. The van der Waals surface area contributed by atoms with Crippen molar-refractivity contribution in [1.29, 1.82) is 0 Å². The van der Waals surface area contributed by atoms with Crippen molar-refractivity contribution >= 4 is 0 Å². The Balaban J connectivity index is 1.88. The van der Waals surface area contributed by atoms with E-state index >= 15 is 0 Å². The van der Waals surface area contributed by atoms with Crippen LogP contribution in [0.5, 0.6) is 5.75 Å². The molecule has 1 aromatic heterocycles. The normalized spacial score (nSPS) is 21.6. The summed E-state index contributed by atoms with van der Waals surface area (Å²) in [6.07, 6.45) is 3.46. The number of aromatic nitrogens is 2. The lowest BCUT2D eigenvalue weighted by molar-refractivity contribution is 0.333. The van der Waals surface area contributed by atoms with E-state index in [0.717, 1.165) is 30.0 Å². The van der Waals surface area contributed by atoms with E-state index in [1.165, 1.54) is 6.42 Å².